The zero-order chi connectivity index (χ0) is 25.3. The summed E-state index contributed by atoms with van der Waals surface area (Å²) in [5.41, 5.74) is 2.70. The predicted molar refractivity (Wildman–Crippen MR) is 138 cm³/mol. The summed E-state index contributed by atoms with van der Waals surface area (Å²) < 4.78 is 28.1. The Bertz CT molecular complexity index is 1260. The summed E-state index contributed by atoms with van der Waals surface area (Å²) in [4.78, 5) is 28.6. The van der Waals surface area contributed by atoms with Crippen LogP contribution in [0.2, 0.25) is 4.34 Å². The summed E-state index contributed by atoms with van der Waals surface area (Å²) in [5, 5.41) is 10.7. The van der Waals surface area contributed by atoms with Crippen molar-refractivity contribution in [3.8, 4) is 0 Å². The fraction of sp³-hybridized carbons (Fsp3) is 0.417. The van der Waals surface area contributed by atoms with E-state index in [2.05, 4.69) is 18.6 Å². The van der Waals surface area contributed by atoms with Crippen molar-refractivity contribution in [1.29, 1.82) is 0 Å². The molecule has 3 heterocycles. The second-order valence-electron chi connectivity index (χ2n) is 9.19. The molecule has 0 bridgehead atoms. The highest BCUT2D eigenvalue weighted by atomic mass is 35.5. The van der Waals surface area contributed by atoms with Crippen LogP contribution in [0.1, 0.15) is 48.7 Å². The number of thiophene rings is 1. The van der Waals surface area contributed by atoms with Crippen molar-refractivity contribution in [2.45, 2.75) is 45.2 Å². The number of hydrogen-bond donors (Lipinski definition) is 2. The Morgan fingerprint density at radius 3 is 2.71 bits per heavy atom. The van der Waals surface area contributed by atoms with Crippen molar-refractivity contribution in [2.75, 3.05) is 18.0 Å². The second kappa shape index (κ2) is 10.3. The highest BCUT2D eigenvalue weighted by molar-refractivity contribution is 7.92. The minimum atomic E-state index is -3.82. The normalized spacial score (nSPS) is 20.7. The van der Waals surface area contributed by atoms with Gasteiger partial charge in [0.15, 0.2) is 0 Å². The van der Waals surface area contributed by atoms with Crippen LogP contribution in [-0.2, 0) is 21.2 Å². The monoisotopic (exact) mass is 537 g/mol. The minimum Gasteiger partial charge on any atom is -0.465 e. The Morgan fingerprint density at radius 1 is 1.29 bits per heavy atom. The number of carbonyl (C=O) groups is 2. The van der Waals surface area contributed by atoms with E-state index < -0.39 is 22.2 Å². The topological polar surface area (TPSA) is 107 Å². The molecule has 2 amide bonds. The number of nitrogens with one attached hydrogen (secondary N) is 1. The van der Waals surface area contributed by atoms with Gasteiger partial charge in [-0.15, -0.1) is 11.3 Å². The second-order valence-corrected chi connectivity index (χ2v) is 12.5. The number of sulfonamides is 1. The van der Waals surface area contributed by atoms with Crippen LogP contribution in [0.15, 0.2) is 35.7 Å². The number of hydrogen-bond acceptors (Lipinski definition) is 5. The first-order valence-electron chi connectivity index (χ1n) is 11.4. The summed E-state index contributed by atoms with van der Waals surface area (Å²) in [6.45, 7) is 4.93. The number of carbonyl (C=O) groups excluding carboxylic acids is 1. The van der Waals surface area contributed by atoms with Gasteiger partial charge in [-0.2, -0.15) is 4.72 Å². The quantitative estimate of drug-likeness (QED) is 0.531. The molecule has 11 heteroatoms. The van der Waals surface area contributed by atoms with Gasteiger partial charge in [0, 0.05) is 29.1 Å². The van der Waals surface area contributed by atoms with E-state index in [9.17, 15) is 23.1 Å². The Morgan fingerprint density at radius 2 is 2.06 bits per heavy atom. The molecular formula is C24H28ClN3O5S2. The average molecular weight is 538 g/mol. The van der Waals surface area contributed by atoms with Crippen molar-refractivity contribution < 1.29 is 23.1 Å². The van der Waals surface area contributed by atoms with E-state index >= 15 is 0 Å². The molecule has 0 aliphatic carbocycles. The van der Waals surface area contributed by atoms with Crippen molar-refractivity contribution in [1.82, 2.24) is 9.62 Å². The lowest BCUT2D eigenvalue weighted by Crippen LogP contribution is -2.41. The van der Waals surface area contributed by atoms with E-state index in [0.717, 1.165) is 23.0 Å². The number of nitrogens with zero attached hydrogens (tertiary/aromatic N) is 2. The molecule has 1 aromatic carbocycles. The first-order chi connectivity index (χ1) is 16.5. The number of halogens is 1. The summed E-state index contributed by atoms with van der Waals surface area (Å²) in [6.07, 6.45) is 2.17. The van der Waals surface area contributed by atoms with Crippen molar-refractivity contribution in [2.24, 2.45) is 5.92 Å². The Hall–Kier alpha value is -2.40. The van der Waals surface area contributed by atoms with Gasteiger partial charge in [-0.25, -0.2) is 13.2 Å². The largest absolute Gasteiger partial charge is 0.465 e. The van der Waals surface area contributed by atoms with E-state index in [0.29, 0.717) is 46.7 Å². The Kier molecular flexibility index (Phi) is 7.56. The van der Waals surface area contributed by atoms with E-state index in [4.69, 9.17) is 11.6 Å². The number of fused-ring (bicyclic) bond motifs is 1. The maximum absolute atomic E-state index is 13.1. The van der Waals surface area contributed by atoms with Gasteiger partial charge >= 0.3 is 6.09 Å². The molecular weight excluding hydrogens is 510 g/mol. The number of anilines is 1. The molecule has 188 valence electrons. The first-order valence-corrected chi connectivity index (χ1v) is 14.2. The molecule has 2 aliphatic heterocycles. The zero-order valence-electron chi connectivity index (χ0n) is 19.5. The van der Waals surface area contributed by atoms with Crippen LogP contribution in [0.3, 0.4) is 0 Å². The molecule has 4 rings (SSSR count). The first kappa shape index (κ1) is 25.7. The molecule has 1 aromatic heterocycles. The summed E-state index contributed by atoms with van der Waals surface area (Å²) in [5.74, 6) is 0.0232. The van der Waals surface area contributed by atoms with Gasteiger partial charge in [0.1, 0.15) is 6.04 Å². The van der Waals surface area contributed by atoms with E-state index in [1.165, 1.54) is 22.3 Å². The summed E-state index contributed by atoms with van der Waals surface area (Å²) in [6, 6.07) is 8.02. The molecule has 2 atom stereocenters. The highest BCUT2D eigenvalue weighted by Gasteiger charge is 2.36. The molecule has 0 saturated carbocycles. The van der Waals surface area contributed by atoms with Crippen molar-refractivity contribution >= 4 is 56.7 Å². The van der Waals surface area contributed by atoms with Gasteiger partial charge < -0.3 is 14.9 Å². The molecule has 1 saturated heterocycles. The lowest BCUT2D eigenvalue weighted by Gasteiger charge is -2.37. The molecule has 1 unspecified atom stereocenters. The molecule has 2 N–H and O–H groups in total. The third-order valence-corrected chi connectivity index (χ3v) is 8.56. The zero-order valence-corrected chi connectivity index (χ0v) is 21.9. The van der Waals surface area contributed by atoms with E-state index in [1.807, 2.05) is 18.2 Å². The third-order valence-electron chi connectivity index (χ3n) is 6.25. The van der Waals surface area contributed by atoms with Crippen LogP contribution >= 0.6 is 22.9 Å². The van der Waals surface area contributed by atoms with E-state index in [1.54, 1.807) is 17.0 Å². The molecule has 2 aromatic rings. The van der Waals surface area contributed by atoms with E-state index in [-0.39, 0.29) is 11.9 Å². The fourth-order valence-electron chi connectivity index (χ4n) is 4.65. The number of carboxylic acid groups (broad SMARTS) is 1. The van der Waals surface area contributed by atoms with Gasteiger partial charge in [0.2, 0.25) is 15.9 Å². The molecule has 2 aliphatic rings. The molecule has 35 heavy (non-hydrogen) atoms. The highest BCUT2D eigenvalue weighted by Crippen LogP contribution is 2.37. The van der Waals surface area contributed by atoms with Crippen molar-refractivity contribution in [3.63, 3.8) is 0 Å². The van der Waals surface area contributed by atoms with Gasteiger partial charge in [0.25, 0.3) is 0 Å². The molecule has 8 nitrogen and oxygen atoms in total. The van der Waals surface area contributed by atoms with Crippen LogP contribution in [0.4, 0.5) is 10.5 Å². The standard InChI is InChI=1S/C24H28ClN3O5S2/c1-15(2)13-21-19-5-3-17(14-16(19)7-10-28(21)24(30)31)27-11-8-20(23(27)29)26-35(32,33)12-9-18-4-6-22(25)34-18/h3-6,9,12,14-15,20-21,26H,7-8,10-11,13H2,1-2H3,(H,30,31)/t20-,21?/m0/s1. The lowest BCUT2D eigenvalue weighted by molar-refractivity contribution is -0.118. The molecule has 0 spiro atoms. The number of benzene rings is 1. The fourth-order valence-corrected chi connectivity index (χ4v) is 6.72. The maximum atomic E-state index is 13.1. The number of rotatable bonds is 7. The third kappa shape index (κ3) is 5.88. The van der Waals surface area contributed by atoms with Crippen LogP contribution in [0.5, 0.6) is 0 Å². The smallest absolute Gasteiger partial charge is 0.407 e. The van der Waals surface area contributed by atoms with Crippen LogP contribution in [0, 0.1) is 5.92 Å². The Balaban J connectivity index is 1.48. The number of amides is 2. The summed E-state index contributed by atoms with van der Waals surface area (Å²) in [7, 11) is -3.82. The lowest BCUT2D eigenvalue weighted by atomic mass is 9.87. The minimum absolute atomic E-state index is 0.218. The molecule has 0 radical (unpaired) electrons. The van der Waals surface area contributed by atoms with Crippen LogP contribution in [-0.4, -0.2) is 49.6 Å². The van der Waals surface area contributed by atoms with Crippen LogP contribution in [0.25, 0.3) is 6.08 Å². The van der Waals surface area contributed by atoms with Gasteiger partial charge in [-0.3, -0.25) is 4.79 Å². The van der Waals surface area contributed by atoms with Crippen LogP contribution < -0.4 is 9.62 Å². The maximum Gasteiger partial charge on any atom is 0.407 e. The summed E-state index contributed by atoms with van der Waals surface area (Å²) >= 11 is 7.14. The van der Waals surface area contributed by atoms with Gasteiger partial charge in [-0.05, 0) is 66.6 Å². The predicted octanol–water partition coefficient (Wildman–Crippen LogP) is 4.72. The SMILES string of the molecule is CC(C)CC1c2ccc(N3CC[C@H](NS(=O)(=O)C=Cc4ccc(Cl)s4)C3=O)cc2CCN1C(=O)O. The molecule has 1 fully saturated rings. The average Bonchev–Trinajstić information content (AvgIpc) is 3.36. The van der Waals surface area contributed by atoms with Gasteiger partial charge in [0.05, 0.1) is 10.4 Å². The van der Waals surface area contributed by atoms with Gasteiger partial charge in [-0.1, -0.05) is 31.5 Å². The van der Waals surface area contributed by atoms with Crippen molar-refractivity contribution in [3.05, 3.63) is 56.1 Å². The Labute approximate surface area is 214 Å².